The Hall–Kier alpha value is -17.4. The molecule has 6 nitrogen and oxygen atoms in total. The first-order chi connectivity index (χ1) is 66.0. The fourth-order valence-electron chi connectivity index (χ4n) is 21.3. The van der Waals surface area contributed by atoms with E-state index in [1.165, 1.54) is 212 Å². The number of fused-ring (bicyclic) bond motifs is 24. The van der Waals surface area contributed by atoms with Gasteiger partial charge in [-0.25, -0.2) is 0 Å². The van der Waals surface area contributed by atoms with Gasteiger partial charge in [0.2, 0.25) is 0 Å². The highest BCUT2D eigenvalue weighted by atomic mass is 32.1. The molecule has 0 fully saturated rings. The van der Waals surface area contributed by atoms with Gasteiger partial charge in [0, 0.05) is 119 Å². The quantitative estimate of drug-likeness (QED) is 0.124. The third-order valence-corrected chi connectivity index (χ3v) is 28.4. The predicted octanol–water partition coefficient (Wildman–Crippen LogP) is 34.3. The Kier molecular flexibility index (Phi) is 18.4. The second-order valence-electron chi connectivity index (χ2n) is 34.5. The monoisotopic (exact) mass is 1710 g/mol. The van der Waals surface area contributed by atoms with Crippen LogP contribution in [0.1, 0.15) is 0 Å². The topological polar surface area (TPSA) is 29.6 Å². The molecule has 0 N–H and O–H groups in total. The second kappa shape index (κ2) is 31.8. The van der Waals surface area contributed by atoms with Gasteiger partial charge in [0.05, 0.1) is 66.2 Å². The lowest BCUT2D eigenvalue weighted by atomic mass is 10.0. The van der Waals surface area contributed by atoms with Crippen LogP contribution in [0.25, 0.3) is 241 Å². The summed E-state index contributed by atoms with van der Waals surface area (Å²) in [5.41, 5.74) is 33.9. The third kappa shape index (κ3) is 12.7. The van der Waals surface area contributed by atoms with Crippen LogP contribution < -0.4 is 0 Å². The van der Waals surface area contributed by atoms with Crippen molar-refractivity contribution in [2.24, 2.45) is 0 Å². The largest absolute Gasteiger partial charge is 0.309 e. The van der Waals surface area contributed by atoms with Crippen molar-refractivity contribution >= 4 is 162 Å². The lowest BCUT2D eigenvalue weighted by molar-refractivity contribution is 1.17. The number of aromatic nitrogens is 6. The summed E-state index contributed by atoms with van der Waals surface area (Å²) in [5.74, 6) is 0. The van der Waals surface area contributed by atoms with E-state index in [4.69, 9.17) is 0 Å². The summed E-state index contributed by atoms with van der Waals surface area (Å²) in [7, 11) is 0. The number of rotatable bonds is 11. The van der Waals surface area contributed by atoms with Crippen LogP contribution in [0.5, 0.6) is 0 Å². The first-order valence-corrected chi connectivity index (χ1v) is 46.4. The Morgan fingerprint density at radius 2 is 0.368 bits per heavy atom. The molecule has 0 radical (unpaired) electrons. The maximum Gasteiger partial charge on any atom is 0.0641 e. The summed E-state index contributed by atoms with van der Waals surface area (Å²) in [6.45, 7) is 0. The van der Waals surface area contributed by atoms with E-state index in [1.54, 1.807) is 0 Å². The Morgan fingerprint density at radius 1 is 0.128 bits per heavy atom. The average Bonchev–Trinajstić information content (AvgIpc) is 1.55. The minimum atomic E-state index is 1.16. The molecule has 0 saturated carbocycles. The minimum absolute atomic E-state index is 1.16. The average molecular weight is 1710 g/mol. The highest BCUT2D eigenvalue weighted by molar-refractivity contribution is 7.26. The van der Waals surface area contributed by atoms with Gasteiger partial charge in [0.1, 0.15) is 0 Å². The van der Waals surface area contributed by atoms with Crippen molar-refractivity contribution in [3.63, 3.8) is 0 Å². The van der Waals surface area contributed by atoms with Gasteiger partial charge >= 0.3 is 0 Å². The second-order valence-corrected chi connectivity index (χ2v) is 35.5. The van der Waals surface area contributed by atoms with Crippen LogP contribution in [0.15, 0.2) is 497 Å². The van der Waals surface area contributed by atoms with Crippen molar-refractivity contribution < 1.29 is 0 Å². The molecule has 0 aliphatic rings. The van der Waals surface area contributed by atoms with Gasteiger partial charge in [0.15, 0.2) is 0 Å². The molecule has 0 atom stereocenters. The number of benzene rings is 21. The summed E-state index contributed by atoms with van der Waals surface area (Å²) in [4.78, 5) is 0. The highest BCUT2D eigenvalue weighted by Gasteiger charge is 2.26. The van der Waals surface area contributed by atoms with Crippen LogP contribution in [0, 0.1) is 0 Å². The fraction of sp³-hybridized carbons (Fsp3) is 0. The zero-order valence-electron chi connectivity index (χ0n) is 72.4. The summed E-state index contributed by atoms with van der Waals surface area (Å²) >= 11 is 1.88. The molecule has 0 amide bonds. The molecule has 0 unspecified atom stereocenters. The van der Waals surface area contributed by atoms with Gasteiger partial charge in [-0.1, -0.05) is 358 Å². The number of nitrogens with zero attached hydrogens (tertiary/aromatic N) is 6. The molecule has 7 heterocycles. The SMILES string of the molecule is c1ccc(-c2ccc(-n3c4ccccc4c4c3ccc3c5ccccc5n(-c5ccc(-c6ccccc6)cc5)c34)cc2)cc1.c1ccc(-c2ccc(-n3c4ccccc4c4c5c6ccccc6n(-c6ccc(-c7ccccc7)cc6)c5ccc43)cc2)cc1.c1ccc(-n2c3ccccc3c3ccc4c(c5ccccc5n4-c4ccc(-c5cccc6c5sc5ccccc56)cc4)c32)cc1. The van der Waals surface area contributed by atoms with Gasteiger partial charge in [-0.05, 0) is 195 Å². The van der Waals surface area contributed by atoms with Crippen LogP contribution in [-0.2, 0) is 0 Å². The summed E-state index contributed by atoms with van der Waals surface area (Å²) < 4.78 is 17.3. The molecular formula is C126H82N6S. The van der Waals surface area contributed by atoms with Crippen LogP contribution >= 0.6 is 11.3 Å². The molecule has 7 aromatic heterocycles. The molecule has 28 rings (SSSR count). The number of para-hydroxylation sites is 7. The van der Waals surface area contributed by atoms with E-state index in [2.05, 4.69) is 525 Å². The van der Waals surface area contributed by atoms with Crippen LogP contribution in [0.3, 0.4) is 0 Å². The molecule has 0 bridgehead atoms. The van der Waals surface area contributed by atoms with E-state index >= 15 is 0 Å². The van der Waals surface area contributed by atoms with E-state index in [0.717, 1.165) is 28.4 Å². The van der Waals surface area contributed by atoms with E-state index in [0.29, 0.717) is 0 Å². The molecular weight excluding hydrogens is 1630 g/mol. The molecule has 0 aliphatic heterocycles. The number of hydrogen-bond acceptors (Lipinski definition) is 1. The van der Waals surface area contributed by atoms with Gasteiger partial charge in [0.25, 0.3) is 0 Å². The van der Waals surface area contributed by atoms with Gasteiger partial charge < -0.3 is 27.4 Å². The first-order valence-electron chi connectivity index (χ1n) is 45.6. The van der Waals surface area contributed by atoms with Gasteiger partial charge in [-0.15, -0.1) is 11.3 Å². The standard InChI is InChI=1S/C42H26N2S.2C42H28N2/c1-2-11-28(12-3-1)44-36-18-7-4-13-31(36)33-25-26-38-40(41(33)44)35-15-5-8-19-37(35)43(38)29-23-21-27(22-24-29)30-16-10-17-34-32-14-6-9-20-39(32)45-42(30)34;1-3-11-29(12-4-1)31-19-23-33(24-20-31)43-39-18-10-8-16-37(39)41-40(43)28-27-36-35-15-7-9-17-38(35)44(42(36)41)34-25-21-32(22-26-34)30-13-5-2-6-14-30;1-3-11-29(12-4-1)31-19-23-33(24-20-31)43-37-17-9-7-15-35(37)41-39(43)27-28-40-42(41)36-16-8-10-18-38(36)44(40)34-25-21-32(22-26-34)30-13-5-2-6-14-30/h1-26H;2*1-28H. The van der Waals surface area contributed by atoms with Crippen LogP contribution in [0.4, 0.5) is 0 Å². The van der Waals surface area contributed by atoms with Crippen molar-refractivity contribution in [1.29, 1.82) is 0 Å². The number of thiophene rings is 1. The maximum atomic E-state index is 2.46. The Bertz CT molecular complexity index is 9180. The maximum absolute atomic E-state index is 2.46. The van der Waals surface area contributed by atoms with E-state index in [1.807, 2.05) is 11.3 Å². The zero-order valence-corrected chi connectivity index (χ0v) is 73.3. The molecule has 0 spiro atoms. The third-order valence-electron chi connectivity index (χ3n) is 27.2. The lowest BCUT2D eigenvalue weighted by Crippen LogP contribution is -1.95. The zero-order chi connectivity index (χ0) is 87.6. The Morgan fingerprint density at radius 3 is 0.722 bits per heavy atom. The van der Waals surface area contributed by atoms with Crippen molar-refractivity contribution in [3.8, 4) is 89.8 Å². The number of hydrogen-bond donors (Lipinski definition) is 0. The van der Waals surface area contributed by atoms with Gasteiger partial charge in [-0.3, -0.25) is 0 Å². The molecule has 133 heavy (non-hydrogen) atoms. The van der Waals surface area contributed by atoms with Crippen molar-refractivity contribution in [2.45, 2.75) is 0 Å². The fourth-order valence-corrected chi connectivity index (χ4v) is 22.5. The molecule has 21 aromatic carbocycles. The Labute approximate surface area is 771 Å². The summed E-state index contributed by atoms with van der Waals surface area (Å²) in [6.07, 6.45) is 0. The molecule has 0 aliphatic carbocycles. The van der Waals surface area contributed by atoms with E-state index < -0.39 is 0 Å². The first kappa shape index (κ1) is 76.8. The Balaban J connectivity index is 0.000000104. The van der Waals surface area contributed by atoms with E-state index in [-0.39, 0.29) is 0 Å². The summed E-state index contributed by atoms with van der Waals surface area (Å²) in [5, 5.41) is 17.9. The van der Waals surface area contributed by atoms with Crippen molar-refractivity contribution in [1.82, 2.24) is 27.4 Å². The molecule has 28 aromatic rings. The van der Waals surface area contributed by atoms with Crippen LogP contribution in [0.2, 0.25) is 0 Å². The van der Waals surface area contributed by atoms with Crippen molar-refractivity contribution in [3.05, 3.63) is 497 Å². The smallest absolute Gasteiger partial charge is 0.0641 e. The minimum Gasteiger partial charge on any atom is -0.309 e. The summed E-state index contributed by atoms with van der Waals surface area (Å²) in [6, 6.07) is 180. The van der Waals surface area contributed by atoms with Crippen molar-refractivity contribution in [2.75, 3.05) is 0 Å². The predicted molar refractivity (Wildman–Crippen MR) is 565 cm³/mol. The van der Waals surface area contributed by atoms with E-state index in [9.17, 15) is 0 Å². The molecule has 0 saturated heterocycles. The van der Waals surface area contributed by atoms with Gasteiger partial charge in [-0.2, -0.15) is 0 Å². The molecule has 7 heteroatoms. The molecule has 622 valence electrons. The van der Waals surface area contributed by atoms with Crippen LogP contribution in [-0.4, -0.2) is 27.4 Å². The highest BCUT2D eigenvalue weighted by Crippen LogP contribution is 2.49. The normalized spacial score (nSPS) is 11.8. The lowest BCUT2D eigenvalue weighted by Gasteiger charge is -2.11.